The number of nitrogens with one attached hydrogen (secondary N) is 1. The van der Waals surface area contributed by atoms with Crippen LogP contribution >= 0.6 is 0 Å². The molecule has 1 aromatic carbocycles. The molecular formula is C15H17N3O2. The summed E-state index contributed by atoms with van der Waals surface area (Å²) in [6.45, 7) is 0.0195. The maximum absolute atomic E-state index is 11.8. The Bertz CT molecular complexity index is 549. The highest BCUT2D eigenvalue weighted by Crippen LogP contribution is 2.19. The van der Waals surface area contributed by atoms with Crippen molar-refractivity contribution in [1.29, 1.82) is 0 Å². The molecule has 2 aliphatic rings. The summed E-state index contributed by atoms with van der Waals surface area (Å²) in [5, 5.41) is 8.51. The fourth-order valence-corrected chi connectivity index (χ4v) is 2.20. The van der Waals surface area contributed by atoms with Crippen molar-refractivity contribution in [2.45, 2.75) is 31.7 Å². The lowest BCUT2D eigenvalue weighted by molar-refractivity contribution is -0.136. The summed E-state index contributed by atoms with van der Waals surface area (Å²) in [4.78, 5) is 23.6. The Balaban J connectivity index is 1.71. The highest BCUT2D eigenvalue weighted by molar-refractivity contribution is 6.04. The largest absolute Gasteiger partial charge is 0.352 e. The van der Waals surface area contributed by atoms with Crippen molar-refractivity contribution in [2.75, 3.05) is 6.54 Å². The van der Waals surface area contributed by atoms with Gasteiger partial charge in [0.1, 0.15) is 6.54 Å². The number of carbonyl (C=O) groups excluding carboxylic acids is 2. The van der Waals surface area contributed by atoms with Gasteiger partial charge in [-0.1, -0.05) is 30.3 Å². The summed E-state index contributed by atoms with van der Waals surface area (Å²) in [7, 11) is 0. The van der Waals surface area contributed by atoms with Crippen molar-refractivity contribution in [3.63, 3.8) is 0 Å². The molecule has 1 aliphatic carbocycles. The van der Waals surface area contributed by atoms with Gasteiger partial charge in [-0.15, -0.1) is 0 Å². The monoisotopic (exact) mass is 271 g/mol. The fraction of sp³-hybridized carbons (Fsp3) is 0.400. The number of amides is 2. The summed E-state index contributed by atoms with van der Waals surface area (Å²) in [6, 6.07) is 10.1. The summed E-state index contributed by atoms with van der Waals surface area (Å²) in [5.74, 6) is -0.213. The number of hydrazone groups is 1. The van der Waals surface area contributed by atoms with E-state index >= 15 is 0 Å². The quantitative estimate of drug-likeness (QED) is 0.897. The SMILES string of the molecule is O=C(CN1N=C(c2ccccc2)CCC1=O)NC1CC1. The van der Waals surface area contributed by atoms with Crippen LogP contribution in [0.4, 0.5) is 0 Å². The van der Waals surface area contributed by atoms with E-state index in [0.717, 1.165) is 24.1 Å². The van der Waals surface area contributed by atoms with Gasteiger partial charge >= 0.3 is 0 Å². The minimum Gasteiger partial charge on any atom is -0.352 e. The Morgan fingerprint density at radius 2 is 2.00 bits per heavy atom. The van der Waals surface area contributed by atoms with Gasteiger partial charge < -0.3 is 5.32 Å². The molecule has 1 heterocycles. The van der Waals surface area contributed by atoms with Crippen LogP contribution in [0.25, 0.3) is 0 Å². The van der Waals surface area contributed by atoms with Crippen LogP contribution in [-0.2, 0) is 9.59 Å². The van der Waals surface area contributed by atoms with Crippen molar-refractivity contribution >= 4 is 17.5 Å². The third kappa shape index (κ3) is 3.04. The van der Waals surface area contributed by atoms with Crippen LogP contribution in [0, 0.1) is 0 Å². The van der Waals surface area contributed by atoms with Gasteiger partial charge in [0, 0.05) is 18.9 Å². The van der Waals surface area contributed by atoms with Crippen molar-refractivity contribution in [3.8, 4) is 0 Å². The molecule has 1 aliphatic heterocycles. The van der Waals surface area contributed by atoms with Crippen LogP contribution in [0.1, 0.15) is 31.2 Å². The molecule has 3 rings (SSSR count). The lowest BCUT2D eigenvalue weighted by atomic mass is 10.0. The van der Waals surface area contributed by atoms with E-state index in [-0.39, 0.29) is 18.4 Å². The van der Waals surface area contributed by atoms with E-state index in [4.69, 9.17) is 0 Å². The third-order valence-corrected chi connectivity index (χ3v) is 3.45. The summed E-state index contributed by atoms with van der Waals surface area (Å²) in [6.07, 6.45) is 3.12. The first-order valence-corrected chi connectivity index (χ1v) is 6.95. The van der Waals surface area contributed by atoms with Crippen molar-refractivity contribution < 1.29 is 9.59 Å². The molecule has 20 heavy (non-hydrogen) atoms. The van der Waals surface area contributed by atoms with Gasteiger partial charge in [-0.05, 0) is 18.4 Å². The molecule has 5 nitrogen and oxygen atoms in total. The maximum atomic E-state index is 11.8. The fourth-order valence-electron chi connectivity index (χ4n) is 2.20. The molecule has 0 unspecified atom stereocenters. The number of benzene rings is 1. The molecule has 0 bridgehead atoms. The topological polar surface area (TPSA) is 61.8 Å². The van der Waals surface area contributed by atoms with E-state index < -0.39 is 0 Å². The summed E-state index contributed by atoms with van der Waals surface area (Å²) >= 11 is 0. The Morgan fingerprint density at radius 1 is 1.25 bits per heavy atom. The third-order valence-electron chi connectivity index (χ3n) is 3.45. The second kappa shape index (κ2) is 5.45. The maximum Gasteiger partial charge on any atom is 0.243 e. The predicted molar refractivity (Wildman–Crippen MR) is 75.1 cm³/mol. The van der Waals surface area contributed by atoms with E-state index in [1.165, 1.54) is 5.01 Å². The van der Waals surface area contributed by atoms with E-state index in [9.17, 15) is 9.59 Å². The van der Waals surface area contributed by atoms with Gasteiger partial charge in [-0.25, -0.2) is 5.01 Å². The van der Waals surface area contributed by atoms with Crippen LogP contribution in [0.3, 0.4) is 0 Å². The lowest BCUT2D eigenvalue weighted by Crippen LogP contribution is -2.41. The Hall–Kier alpha value is -2.17. The average molecular weight is 271 g/mol. The van der Waals surface area contributed by atoms with E-state index in [0.29, 0.717) is 18.9 Å². The van der Waals surface area contributed by atoms with Crippen LogP contribution in [0.15, 0.2) is 35.4 Å². The molecule has 104 valence electrons. The van der Waals surface area contributed by atoms with E-state index in [1.54, 1.807) is 0 Å². The van der Waals surface area contributed by atoms with E-state index in [2.05, 4.69) is 10.4 Å². The smallest absolute Gasteiger partial charge is 0.243 e. The van der Waals surface area contributed by atoms with Gasteiger partial charge in [0.15, 0.2) is 0 Å². The standard InChI is InChI=1S/C15H17N3O2/c19-14(16-12-6-7-12)10-18-15(20)9-8-13(17-18)11-4-2-1-3-5-11/h1-5,12H,6-10H2,(H,16,19). The molecule has 1 fully saturated rings. The Kier molecular flexibility index (Phi) is 3.50. The zero-order chi connectivity index (χ0) is 13.9. The molecular weight excluding hydrogens is 254 g/mol. The second-order valence-corrected chi connectivity index (χ2v) is 5.21. The molecule has 0 radical (unpaired) electrons. The zero-order valence-electron chi connectivity index (χ0n) is 11.2. The Labute approximate surface area is 117 Å². The number of hydrogen-bond acceptors (Lipinski definition) is 3. The summed E-state index contributed by atoms with van der Waals surface area (Å²) in [5.41, 5.74) is 1.87. The second-order valence-electron chi connectivity index (χ2n) is 5.21. The van der Waals surface area contributed by atoms with Crippen LogP contribution < -0.4 is 5.32 Å². The molecule has 2 amide bonds. The van der Waals surface area contributed by atoms with Gasteiger partial charge in [-0.3, -0.25) is 9.59 Å². The first-order chi connectivity index (χ1) is 9.72. The number of hydrogen-bond donors (Lipinski definition) is 1. The van der Waals surface area contributed by atoms with Gasteiger partial charge in [0.2, 0.25) is 11.8 Å². The van der Waals surface area contributed by atoms with Gasteiger partial charge in [-0.2, -0.15) is 5.10 Å². The van der Waals surface area contributed by atoms with Crippen molar-refractivity contribution in [1.82, 2.24) is 10.3 Å². The highest BCUT2D eigenvalue weighted by atomic mass is 16.2. The molecule has 1 saturated carbocycles. The molecule has 0 atom stereocenters. The molecule has 5 heteroatoms. The molecule has 0 spiro atoms. The van der Waals surface area contributed by atoms with Crippen LogP contribution in [0.5, 0.6) is 0 Å². The molecule has 0 saturated heterocycles. The zero-order valence-corrected chi connectivity index (χ0v) is 11.2. The van der Waals surface area contributed by atoms with Gasteiger partial charge in [0.05, 0.1) is 5.71 Å². The first-order valence-electron chi connectivity index (χ1n) is 6.95. The number of nitrogens with zero attached hydrogens (tertiary/aromatic N) is 2. The number of carbonyl (C=O) groups is 2. The minimum atomic E-state index is -0.126. The van der Waals surface area contributed by atoms with Crippen molar-refractivity contribution in [3.05, 3.63) is 35.9 Å². The molecule has 1 N–H and O–H groups in total. The van der Waals surface area contributed by atoms with Gasteiger partial charge in [0.25, 0.3) is 0 Å². The first kappa shape index (κ1) is 12.8. The van der Waals surface area contributed by atoms with Crippen LogP contribution in [0.2, 0.25) is 0 Å². The van der Waals surface area contributed by atoms with Crippen LogP contribution in [-0.4, -0.2) is 35.1 Å². The van der Waals surface area contributed by atoms with E-state index in [1.807, 2.05) is 30.3 Å². The highest BCUT2D eigenvalue weighted by Gasteiger charge is 2.27. The minimum absolute atomic E-state index is 0.0195. The average Bonchev–Trinajstić information content (AvgIpc) is 3.26. The summed E-state index contributed by atoms with van der Waals surface area (Å²) < 4.78 is 0. The molecule has 0 aromatic heterocycles. The lowest BCUT2D eigenvalue weighted by Gasteiger charge is -2.23. The normalized spacial score (nSPS) is 18.7. The Morgan fingerprint density at radius 3 is 2.70 bits per heavy atom. The number of rotatable bonds is 4. The van der Waals surface area contributed by atoms with Crippen molar-refractivity contribution in [2.24, 2.45) is 5.10 Å². The molecule has 1 aromatic rings. The predicted octanol–water partition coefficient (Wildman–Crippen LogP) is 1.29.